The lowest BCUT2D eigenvalue weighted by Gasteiger charge is -2.02. The molecule has 1 aliphatic rings. The lowest BCUT2D eigenvalue weighted by molar-refractivity contribution is -0.110. The molecule has 1 amide bonds. The summed E-state index contributed by atoms with van der Waals surface area (Å²) in [6, 6.07) is 10.4. The second kappa shape index (κ2) is 5.13. The second-order valence-electron chi connectivity index (χ2n) is 4.37. The molecule has 0 aliphatic carbocycles. The zero-order chi connectivity index (χ0) is 14.3. The van der Waals surface area contributed by atoms with Crippen LogP contribution in [0.25, 0.3) is 11.6 Å². The maximum atomic E-state index is 12.0. The first kappa shape index (κ1) is 13.5. The van der Waals surface area contributed by atoms with Crippen molar-refractivity contribution < 1.29 is 4.79 Å². The van der Waals surface area contributed by atoms with E-state index in [1.807, 2.05) is 0 Å². The monoisotopic (exact) mass is 323 g/mol. The third-order valence-electron chi connectivity index (χ3n) is 3.03. The average molecular weight is 325 g/mol. The predicted molar refractivity (Wildman–Crippen MR) is 84.4 cm³/mol. The first-order chi connectivity index (χ1) is 9.54. The molecule has 1 N–H and O–H groups in total. The quantitative estimate of drug-likeness (QED) is 0.723. The van der Waals surface area contributed by atoms with E-state index in [0.29, 0.717) is 20.6 Å². The van der Waals surface area contributed by atoms with E-state index in [1.54, 1.807) is 42.5 Å². The summed E-state index contributed by atoms with van der Waals surface area (Å²) < 4.78 is 0. The van der Waals surface area contributed by atoms with E-state index in [-0.39, 0.29) is 5.91 Å². The van der Waals surface area contributed by atoms with Gasteiger partial charge in [-0.25, -0.2) is 0 Å². The molecule has 0 unspecified atom stereocenters. The van der Waals surface area contributed by atoms with Gasteiger partial charge >= 0.3 is 0 Å². The van der Waals surface area contributed by atoms with Gasteiger partial charge in [0, 0.05) is 31.9 Å². The molecule has 5 heteroatoms. The smallest absolute Gasteiger partial charge is 0.256 e. The number of amides is 1. The fourth-order valence-corrected chi connectivity index (χ4v) is 2.71. The Balaban J connectivity index is 2.13. The highest BCUT2D eigenvalue weighted by Gasteiger charge is 2.24. The van der Waals surface area contributed by atoms with Crippen molar-refractivity contribution in [2.75, 3.05) is 5.32 Å². The molecular formula is C15H8Cl3NO. The summed E-state index contributed by atoms with van der Waals surface area (Å²) in [4.78, 5) is 12.0. The molecule has 0 spiro atoms. The summed E-state index contributed by atoms with van der Waals surface area (Å²) in [5, 5.41) is 4.41. The van der Waals surface area contributed by atoms with E-state index in [1.165, 1.54) is 0 Å². The van der Waals surface area contributed by atoms with Crippen molar-refractivity contribution in [2.24, 2.45) is 0 Å². The number of hydrogen-bond donors (Lipinski definition) is 1. The Hall–Kier alpha value is -1.48. The van der Waals surface area contributed by atoms with Crippen LogP contribution in [0.1, 0.15) is 11.1 Å². The molecule has 100 valence electrons. The fourth-order valence-electron chi connectivity index (χ4n) is 2.08. The van der Waals surface area contributed by atoms with Gasteiger partial charge in [0.1, 0.15) is 0 Å². The Bertz CT molecular complexity index is 753. The minimum absolute atomic E-state index is 0.173. The van der Waals surface area contributed by atoms with E-state index in [4.69, 9.17) is 34.8 Å². The molecule has 0 aromatic heterocycles. The Kier molecular flexibility index (Phi) is 3.47. The normalized spacial score (nSPS) is 15.3. The van der Waals surface area contributed by atoms with E-state index in [0.717, 1.165) is 16.8 Å². The molecule has 2 aromatic carbocycles. The van der Waals surface area contributed by atoms with Crippen LogP contribution in [0.2, 0.25) is 15.1 Å². The van der Waals surface area contributed by atoms with Crippen LogP contribution in [-0.2, 0) is 4.79 Å². The minimum atomic E-state index is -0.173. The van der Waals surface area contributed by atoms with Crippen molar-refractivity contribution in [3.63, 3.8) is 0 Å². The topological polar surface area (TPSA) is 29.1 Å². The van der Waals surface area contributed by atoms with Gasteiger partial charge in [-0.15, -0.1) is 0 Å². The first-order valence-corrected chi connectivity index (χ1v) is 6.96. The van der Waals surface area contributed by atoms with Gasteiger partial charge in [-0.3, -0.25) is 4.79 Å². The van der Waals surface area contributed by atoms with Gasteiger partial charge in [-0.05, 0) is 42.0 Å². The van der Waals surface area contributed by atoms with Gasteiger partial charge in [0.2, 0.25) is 0 Å². The zero-order valence-electron chi connectivity index (χ0n) is 10.1. The largest absolute Gasteiger partial charge is 0.321 e. The summed E-state index contributed by atoms with van der Waals surface area (Å²) in [7, 11) is 0. The van der Waals surface area contributed by atoms with Gasteiger partial charge in [0.25, 0.3) is 5.91 Å². The summed E-state index contributed by atoms with van der Waals surface area (Å²) in [5.74, 6) is -0.173. The standard InChI is InChI=1S/C15H8Cl3NO/c16-9-3-4-14-11(6-9)12(15(20)19-14)5-8-1-2-10(17)7-13(8)18/h1-7H,(H,19,20). The maximum Gasteiger partial charge on any atom is 0.256 e. The average Bonchev–Trinajstić information content (AvgIpc) is 2.69. The zero-order valence-corrected chi connectivity index (χ0v) is 12.4. The molecule has 0 bridgehead atoms. The van der Waals surface area contributed by atoms with E-state index in [9.17, 15) is 4.79 Å². The predicted octanol–water partition coefficient (Wildman–Crippen LogP) is 5.14. The van der Waals surface area contributed by atoms with E-state index < -0.39 is 0 Å². The minimum Gasteiger partial charge on any atom is -0.321 e. The molecule has 0 radical (unpaired) electrons. The molecule has 0 fully saturated rings. The highest BCUT2D eigenvalue weighted by atomic mass is 35.5. The van der Waals surface area contributed by atoms with Crippen LogP contribution >= 0.6 is 34.8 Å². The van der Waals surface area contributed by atoms with Gasteiger partial charge in [-0.1, -0.05) is 40.9 Å². The molecule has 20 heavy (non-hydrogen) atoms. The highest BCUT2D eigenvalue weighted by Crippen LogP contribution is 2.36. The molecule has 1 heterocycles. The summed E-state index contributed by atoms with van der Waals surface area (Å²) in [6.45, 7) is 0. The Labute approximate surface area is 131 Å². The summed E-state index contributed by atoms with van der Waals surface area (Å²) in [5.41, 5.74) is 2.78. The van der Waals surface area contributed by atoms with Crippen LogP contribution in [-0.4, -0.2) is 5.91 Å². The molecule has 0 saturated heterocycles. The number of fused-ring (bicyclic) bond motifs is 1. The van der Waals surface area contributed by atoms with Crippen molar-refractivity contribution in [3.8, 4) is 0 Å². The van der Waals surface area contributed by atoms with Crippen LogP contribution in [0.5, 0.6) is 0 Å². The summed E-state index contributed by atoms with van der Waals surface area (Å²) >= 11 is 18.0. The first-order valence-electron chi connectivity index (χ1n) is 5.82. The number of benzene rings is 2. The number of carbonyl (C=O) groups excluding carboxylic acids is 1. The molecule has 3 rings (SSSR count). The van der Waals surface area contributed by atoms with E-state index >= 15 is 0 Å². The Morgan fingerprint density at radius 3 is 2.40 bits per heavy atom. The number of hydrogen-bond acceptors (Lipinski definition) is 1. The van der Waals surface area contributed by atoms with Crippen molar-refractivity contribution in [1.82, 2.24) is 0 Å². The van der Waals surface area contributed by atoms with E-state index in [2.05, 4.69) is 5.32 Å². The molecule has 0 atom stereocenters. The van der Waals surface area contributed by atoms with Crippen LogP contribution in [0.4, 0.5) is 5.69 Å². The van der Waals surface area contributed by atoms with Gasteiger partial charge < -0.3 is 5.32 Å². The van der Waals surface area contributed by atoms with Crippen molar-refractivity contribution in [1.29, 1.82) is 0 Å². The number of anilines is 1. The van der Waals surface area contributed by atoms with Gasteiger partial charge in [0.05, 0.1) is 0 Å². The highest BCUT2D eigenvalue weighted by molar-refractivity contribution is 6.39. The number of nitrogens with one attached hydrogen (secondary N) is 1. The molecule has 1 aliphatic heterocycles. The third kappa shape index (κ3) is 2.42. The number of halogens is 3. The molecular weight excluding hydrogens is 317 g/mol. The Morgan fingerprint density at radius 1 is 0.950 bits per heavy atom. The maximum absolute atomic E-state index is 12.0. The molecule has 2 nitrogen and oxygen atoms in total. The fraction of sp³-hybridized carbons (Fsp3) is 0. The third-order valence-corrected chi connectivity index (χ3v) is 3.82. The van der Waals surface area contributed by atoms with Crippen molar-refractivity contribution in [3.05, 3.63) is 62.6 Å². The molecule has 2 aromatic rings. The number of rotatable bonds is 1. The SMILES string of the molecule is O=C1Nc2ccc(Cl)cc2C1=Cc1ccc(Cl)cc1Cl. The van der Waals surface area contributed by atoms with Crippen LogP contribution in [0.3, 0.4) is 0 Å². The van der Waals surface area contributed by atoms with Crippen molar-refractivity contribution in [2.45, 2.75) is 0 Å². The second-order valence-corrected chi connectivity index (χ2v) is 5.65. The van der Waals surface area contributed by atoms with Crippen molar-refractivity contribution >= 4 is 58.0 Å². The molecule has 0 saturated carbocycles. The summed E-state index contributed by atoms with van der Waals surface area (Å²) in [6.07, 6.45) is 1.73. The Morgan fingerprint density at radius 2 is 1.65 bits per heavy atom. The van der Waals surface area contributed by atoms with Crippen LogP contribution < -0.4 is 5.32 Å². The van der Waals surface area contributed by atoms with Gasteiger partial charge in [-0.2, -0.15) is 0 Å². The number of carbonyl (C=O) groups is 1. The van der Waals surface area contributed by atoms with Crippen LogP contribution in [0, 0.1) is 0 Å². The van der Waals surface area contributed by atoms with Crippen LogP contribution in [0.15, 0.2) is 36.4 Å². The van der Waals surface area contributed by atoms with Gasteiger partial charge in [0.15, 0.2) is 0 Å². The lowest BCUT2D eigenvalue weighted by atomic mass is 10.0. The lowest BCUT2D eigenvalue weighted by Crippen LogP contribution is -2.03.